The summed E-state index contributed by atoms with van der Waals surface area (Å²) in [5.41, 5.74) is 1.42. The van der Waals surface area contributed by atoms with Gasteiger partial charge in [-0.25, -0.2) is 0 Å². The molecule has 1 atom stereocenters. The van der Waals surface area contributed by atoms with E-state index in [1.807, 2.05) is 0 Å². The number of rotatable bonds is 3. The summed E-state index contributed by atoms with van der Waals surface area (Å²) in [5, 5.41) is 0. The molecule has 0 saturated carbocycles. The van der Waals surface area contributed by atoms with Gasteiger partial charge < -0.3 is 4.74 Å². The molecule has 16 heavy (non-hydrogen) atoms. The number of methoxy groups -OCH3 is 1. The van der Waals surface area contributed by atoms with Crippen LogP contribution in [0.3, 0.4) is 0 Å². The lowest BCUT2D eigenvalue weighted by Gasteiger charge is -2.28. The molecule has 0 aromatic heterocycles. The Morgan fingerprint density at radius 2 is 1.94 bits per heavy atom. The second kappa shape index (κ2) is 4.88. The lowest BCUT2D eigenvalue weighted by atomic mass is 10.0. The Balaban J connectivity index is 2.16. The van der Waals surface area contributed by atoms with E-state index in [0.717, 1.165) is 5.75 Å². The molecule has 0 amide bonds. The van der Waals surface area contributed by atoms with Crippen molar-refractivity contribution in [1.29, 1.82) is 0 Å². The number of hydrogen-bond donors (Lipinski definition) is 0. The number of hydrogen-bond acceptors (Lipinski definition) is 2. The molecular weight excluding hydrogens is 198 g/mol. The quantitative estimate of drug-likeness (QED) is 0.773. The standard InChI is InChI=1S/C14H21NO/c1-11(2)15-10-4-5-14(15)12-6-8-13(16-3)9-7-12/h6-9,11,14H,4-5,10H2,1-3H3. The van der Waals surface area contributed by atoms with Gasteiger partial charge in [0.15, 0.2) is 0 Å². The van der Waals surface area contributed by atoms with Crippen LogP contribution < -0.4 is 4.74 Å². The summed E-state index contributed by atoms with van der Waals surface area (Å²) >= 11 is 0. The molecule has 0 bridgehead atoms. The van der Waals surface area contributed by atoms with Crippen LogP contribution in [0.5, 0.6) is 5.75 Å². The minimum Gasteiger partial charge on any atom is -0.497 e. The van der Waals surface area contributed by atoms with Crippen molar-refractivity contribution in [3.8, 4) is 5.75 Å². The molecule has 1 aliphatic heterocycles. The third-order valence-electron chi connectivity index (χ3n) is 3.46. The smallest absolute Gasteiger partial charge is 0.118 e. The zero-order chi connectivity index (χ0) is 11.5. The van der Waals surface area contributed by atoms with E-state index < -0.39 is 0 Å². The topological polar surface area (TPSA) is 12.5 Å². The van der Waals surface area contributed by atoms with Crippen LogP contribution in [0.15, 0.2) is 24.3 Å². The van der Waals surface area contributed by atoms with Gasteiger partial charge in [-0.2, -0.15) is 0 Å². The highest BCUT2D eigenvalue weighted by Gasteiger charge is 2.27. The minimum atomic E-state index is 0.603. The highest BCUT2D eigenvalue weighted by atomic mass is 16.5. The van der Waals surface area contributed by atoms with Crippen LogP contribution in [-0.2, 0) is 0 Å². The van der Waals surface area contributed by atoms with Crippen LogP contribution in [0.1, 0.15) is 38.3 Å². The van der Waals surface area contributed by atoms with Crippen molar-refractivity contribution in [3.63, 3.8) is 0 Å². The van der Waals surface area contributed by atoms with E-state index in [4.69, 9.17) is 4.74 Å². The van der Waals surface area contributed by atoms with E-state index in [1.165, 1.54) is 24.9 Å². The van der Waals surface area contributed by atoms with Crippen LogP contribution in [0, 0.1) is 0 Å². The van der Waals surface area contributed by atoms with E-state index in [0.29, 0.717) is 12.1 Å². The third-order valence-corrected chi connectivity index (χ3v) is 3.46. The Bertz CT molecular complexity index is 331. The number of likely N-dealkylation sites (tertiary alicyclic amines) is 1. The molecule has 1 aromatic carbocycles. The van der Waals surface area contributed by atoms with Crippen molar-refractivity contribution < 1.29 is 4.74 Å². The molecule has 1 aliphatic rings. The second-order valence-corrected chi connectivity index (χ2v) is 4.76. The van der Waals surface area contributed by atoms with E-state index in [2.05, 4.69) is 43.0 Å². The fraction of sp³-hybridized carbons (Fsp3) is 0.571. The maximum absolute atomic E-state index is 5.19. The molecule has 1 aromatic rings. The third kappa shape index (κ3) is 2.22. The average Bonchev–Trinajstić information content (AvgIpc) is 2.78. The first-order valence-electron chi connectivity index (χ1n) is 6.12. The number of nitrogens with zero attached hydrogens (tertiary/aromatic N) is 1. The Hall–Kier alpha value is -1.02. The van der Waals surface area contributed by atoms with Crippen molar-refractivity contribution >= 4 is 0 Å². The minimum absolute atomic E-state index is 0.603. The number of benzene rings is 1. The largest absolute Gasteiger partial charge is 0.497 e. The van der Waals surface area contributed by atoms with Crippen LogP contribution in [-0.4, -0.2) is 24.6 Å². The van der Waals surface area contributed by atoms with Crippen molar-refractivity contribution in [2.24, 2.45) is 0 Å². The summed E-state index contributed by atoms with van der Waals surface area (Å²) in [7, 11) is 1.71. The molecule has 0 N–H and O–H groups in total. The van der Waals surface area contributed by atoms with Gasteiger partial charge in [0.2, 0.25) is 0 Å². The summed E-state index contributed by atoms with van der Waals surface area (Å²) < 4.78 is 5.19. The Morgan fingerprint density at radius 1 is 1.25 bits per heavy atom. The Morgan fingerprint density at radius 3 is 2.50 bits per heavy atom. The predicted molar refractivity (Wildman–Crippen MR) is 66.8 cm³/mol. The van der Waals surface area contributed by atoms with E-state index >= 15 is 0 Å². The molecule has 1 saturated heterocycles. The van der Waals surface area contributed by atoms with Crippen LogP contribution in [0.25, 0.3) is 0 Å². The molecule has 2 heteroatoms. The van der Waals surface area contributed by atoms with E-state index in [1.54, 1.807) is 7.11 Å². The molecule has 0 aliphatic carbocycles. The van der Waals surface area contributed by atoms with Crippen molar-refractivity contribution in [3.05, 3.63) is 29.8 Å². The fourth-order valence-corrected chi connectivity index (χ4v) is 2.59. The van der Waals surface area contributed by atoms with E-state index in [9.17, 15) is 0 Å². The van der Waals surface area contributed by atoms with Gasteiger partial charge in [-0.1, -0.05) is 12.1 Å². The molecule has 0 radical (unpaired) electrons. The highest BCUT2D eigenvalue weighted by molar-refractivity contribution is 5.29. The summed E-state index contributed by atoms with van der Waals surface area (Å²) in [6.07, 6.45) is 2.60. The molecule has 1 heterocycles. The molecule has 1 fully saturated rings. The summed E-state index contributed by atoms with van der Waals surface area (Å²) in [6.45, 7) is 5.79. The number of ether oxygens (including phenoxy) is 1. The van der Waals surface area contributed by atoms with Gasteiger partial charge >= 0.3 is 0 Å². The molecule has 0 spiro atoms. The van der Waals surface area contributed by atoms with Gasteiger partial charge in [-0.3, -0.25) is 4.90 Å². The molecule has 2 nitrogen and oxygen atoms in total. The van der Waals surface area contributed by atoms with Gasteiger partial charge in [0.1, 0.15) is 5.75 Å². The van der Waals surface area contributed by atoms with Crippen LogP contribution in [0.2, 0.25) is 0 Å². The fourth-order valence-electron chi connectivity index (χ4n) is 2.59. The molecule has 1 unspecified atom stereocenters. The molecular formula is C14H21NO. The SMILES string of the molecule is COc1ccc(C2CCCN2C(C)C)cc1. The zero-order valence-electron chi connectivity index (χ0n) is 10.4. The van der Waals surface area contributed by atoms with Crippen molar-refractivity contribution in [2.75, 3.05) is 13.7 Å². The van der Waals surface area contributed by atoms with E-state index in [-0.39, 0.29) is 0 Å². The van der Waals surface area contributed by atoms with Gasteiger partial charge in [0.25, 0.3) is 0 Å². The van der Waals surface area contributed by atoms with Gasteiger partial charge in [-0.05, 0) is 50.9 Å². The Kier molecular flexibility index (Phi) is 3.49. The maximum Gasteiger partial charge on any atom is 0.118 e. The first-order valence-corrected chi connectivity index (χ1v) is 6.12. The average molecular weight is 219 g/mol. The lowest BCUT2D eigenvalue weighted by molar-refractivity contribution is 0.205. The zero-order valence-corrected chi connectivity index (χ0v) is 10.4. The Labute approximate surface area is 98.2 Å². The monoisotopic (exact) mass is 219 g/mol. The predicted octanol–water partition coefficient (Wildman–Crippen LogP) is 3.24. The normalized spacial score (nSPS) is 21.6. The van der Waals surface area contributed by atoms with Crippen molar-refractivity contribution in [2.45, 2.75) is 38.8 Å². The van der Waals surface area contributed by atoms with Crippen LogP contribution in [0.4, 0.5) is 0 Å². The highest BCUT2D eigenvalue weighted by Crippen LogP contribution is 2.33. The lowest BCUT2D eigenvalue weighted by Crippen LogP contribution is -2.30. The summed E-state index contributed by atoms with van der Waals surface area (Å²) in [5.74, 6) is 0.942. The maximum atomic E-state index is 5.19. The second-order valence-electron chi connectivity index (χ2n) is 4.76. The van der Waals surface area contributed by atoms with Gasteiger partial charge in [0, 0.05) is 12.1 Å². The first-order chi connectivity index (χ1) is 7.72. The molecule has 2 rings (SSSR count). The van der Waals surface area contributed by atoms with Gasteiger partial charge in [-0.15, -0.1) is 0 Å². The molecule has 88 valence electrons. The summed E-state index contributed by atoms with van der Waals surface area (Å²) in [4.78, 5) is 2.59. The first kappa shape index (κ1) is 11.5. The summed E-state index contributed by atoms with van der Waals surface area (Å²) in [6, 6.07) is 9.76. The van der Waals surface area contributed by atoms with Crippen molar-refractivity contribution in [1.82, 2.24) is 4.90 Å². The van der Waals surface area contributed by atoms with Gasteiger partial charge in [0.05, 0.1) is 7.11 Å². The van der Waals surface area contributed by atoms with Crippen LogP contribution >= 0.6 is 0 Å².